The molecule has 0 aliphatic rings. The molecule has 4 heteroatoms. The van der Waals surface area contributed by atoms with Crippen LogP contribution in [0.5, 0.6) is 0 Å². The van der Waals surface area contributed by atoms with Crippen molar-refractivity contribution in [2.45, 2.75) is 123 Å². The van der Waals surface area contributed by atoms with Crippen molar-refractivity contribution in [3.05, 3.63) is 0 Å². The Morgan fingerprint density at radius 3 is 0.690 bits per heavy atom. The van der Waals surface area contributed by atoms with Crippen LogP contribution in [0.2, 0.25) is 0 Å². The van der Waals surface area contributed by atoms with E-state index in [9.17, 15) is 0 Å². The van der Waals surface area contributed by atoms with Crippen LogP contribution in [0.25, 0.3) is 0 Å². The van der Waals surface area contributed by atoms with Crippen molar-refractivity contribution in [2.24, 2.45) is 21.7 Å². The molecule has 4 N–H and O–H groups in total. The lowest BCUT2D eigenvalue weighted by Crippen LogP contribution is -2.14. The van der Waals surface area contributed by atoms with Crippen LogP contribution in [0.4, 0.5) is 0 Å². The molecule has 0 radical (unpaired) electrons. The summed E-state index contributed by atoms with van der Waals surface area (Å²) in [5.74, 6) is 0. The summed E-state index contributed by atoms with van der Waals surface area (Å²) >= 11 is 0. The average molecular weight is 425 g/mol. The third-order valence-corrected chi connectivity index (χ3v) is 3.24. The minimum Gasteiger partial charge on any atom is -0.396 e. The highest BCUT2D eigenvalue weighted by Crippen LogP contribution is 2.17. The molecule has 0 aliphatic carbocycles. The SMILES string of the molecule is CC(C)(C)C.CC(C)(C)CO.CC(C)O.CCC(C)(C)CO.CCC(C)(C)CO. The van der Waals surface area contributed by atoms with Crippen molar-refractivity contribution in [3.8, 4) is 0 Å². The van der Waals surface area contributed by atoms with Gasteiger partial charge < -0.3 is 20.4 Å². The second kappa shape index (κ2) is 19.8. The maximum atomic E-state index is 8.59. The van der Waals surface area contributed by atoms with Gasteiger partial charge in [-0.15, -0.1) is 0 Å². The molecule has 0 saturated carbocycles. The van der Waals surface area contributed by atoms with E-state index in [0.717, 1.165) is 12.8 Å². The molecule has 0 amide bonds. The predicted molar refractivity (Wildman–Crippen MR) is 131 cm³/mol. The molecule has 0 fully saturated rings. The standard InChI is InChI=1S/2C6H14O.C5H12O.C5H12.C3H8O/c2*1-4-6(2,3)5-7;1-5(2,3)4-6;1-5(2,3)4;1-3(2)4/h2*7H,4-5H2,1-3H3;6H,4H2,1-3H3;1-4H3;3-4H,1-2H3. The number of rotatable bonds is 4. The third kappa shape index (κ3) is 84.4. The summed E-state index contributed by atoms with van der Waals surface area (Å²) in [5, 5.41) is 33.6. The van der Waals surface area contributed by atoms with Crippen molar-refractivity contribution in [3.63, 3.8) is 0 Å². The quantitative estimate of drug-likeness (QED) is 0.427. The Balaban J connectivity index is -0.0000000840. The second-order valence-electron chi connectivity index (χ2n) is 12.2. The Bertz CT molecular complexity index is 271. The largest absolute Gasteiger partial charge is 0.396 e. The zero-order valence-electron chi connectivity index (χ0n) is 22.9. The van der Waals surface area contributed by atoms with Crippen LogP contribution in [0.3, 0.4) is 0 Å². The lowest BCUT2D eigenvalue weighted by molar-refractivity contribution is 0.155. The highest BCUT2D eigenvalue weighted by Gasteiger charge is 2.12. The van der Waals surface area contributed by atoms with E-state index >= 15 is 0 Å². The van der Waals surface area contributed by atoms with Gasteiger partial charge in [-0.25, -0.2) is 0 Å². The Morgan fingerprint density at radius 2 is 0.690 bits per heavy atom. The van der Waals surface area contributed by atoms with Gasteiger partial charge in [-0.05, 0) is 48.3 Å². The van der Waals surface area contributed by atoms with Crippen molar-refractivity contribution in [1.82, 2.24) is 0 Å². The van der Waals surface area contributed by atoms with E-state index in [1.807, 2.05) is 48.5 Å². The minimum atomic E-state index is -0.167. The summed E-state index contributed by atoms with van der Waals surface area (Å²) in [7, 11) is 0. The first-order valence-corrected chi connectivity index (χ1v) is 11.0. The van der Waals surface area contributed by atoms with Crippen LogP contribution in [0.1, 0.15) is 117 Å². The molecule has 184 valence electrons. The number of hydrogen-bond donors (Lipinski definition) is 4. The smallest absolute Gasteiger partial charge is 0.0483 e. The summed E-state index contributed by atoms with van der Waals surface area (Å²) in [4.78, 5) is 0. The van der Waals surface area contributed by atoms with Crippen molar-refractivity contribution < 1.29 is 20.4 Å². The molecule has 4 nitrogen and oxygen atoms in total. The molecule has 0 bridgehead atoms. The molecule has 29 heavy (non-hydrogen) atoms. The first kappa shape index (κ1) is 39.3. The first-order chi connectivity index (χ1) is 12.5. The van der Waals surface area contributed by atoms with Gasteiger partial charge in [0.05, 0.1) is 0 Å². The molecule has 0 heterocycles. The molecule has 0 saturated heterocycles. The molecule has 0 unspecified atom stereocenters. The molecule has 0 rings (SSSR count). The molecule has 0 spiro atoms. The summed E-state index contributed by atoms with van der Waals surface area (Å²) in [6.07, 6.45) is 1.92. The van der Waals surface area contributed by atoms with E-state index in [0.29, 0.717) is 18.6 Å². The van der Waals surface area contributed by atoms with Crippen molar-refractivity contribution >= 4 is 0 Å². The maximum Gasteiger partial charge on any atom is 0.0483 e. The van der Waals surface area contributed by atoms with Crippen LogP contribution in [0.15, 0.2) is 0 Å². The van der Waals surface area contributed by atoms with Gasteiger partial charge in [0.1, 0.15) is 0 Å². The lowest BCUT2D eigenvalue weighted by Gasteiger charge is -2.17. The fraction of sp³-hybridized carbons (Fsp3) is 1.00. The van der Waals surface area contributed by atoms with Gasteiger partial charge >= 0.3 is 0 Å². The number of hydrogen-bond acceptors (Lipinski definition) is 4. The number of aliphatic hydroxyl groups is 4. The monoisotopic (exact) mass is 424 g/mol. The van der Waals surface area contributed by atoms with Gasteiger partial charge in [0.25, 0.3) is 0 Å². The summed E-state index contributed by atoms with van der Waals surface area (Å²) in [6.45, 7) is 31.4. The highest BCUT2D eigenvalue weighted by atomic mass is 16.3. The van der Waals surface area contributed by atoms with Gasteiger partial charge in [-0.1, -0.05) is 90.0 Å². The average Bonchev–Trinajstić information content (AvgIpc) is 2.53. The van der Waals surface area contributed by atoms with Crippen LogP contribution < -0.4 is 0 Å². The Morgan fingerprint density at radius 1 is 0.552 bits per heavy atom. The minimum absolute atomic E-state index is 0.0972. The van der Waals surface area contributed by atoms with E-state index < -0.39 is 0 Å². The zero-order valence-corrected chi connectivity index (χ0v) is 22.9. The first-order valence-electron chi connectivity index (χ1n) is 11.0. The van der Waals surface area contributed by atoms with Crippen LogP contribution in [0, 0.1) is 21.7 Å². The Labute approximate surface area is 185 Å². The Kier molecular flexibility index (Phi) is 26.8. The van der Waals surface area contributed by atoms with Gasteiger partial charge in [0, 0.05) is 25.9 Å². The molecule has 0 aliphatic heterocycles. The summed E-state index contributed by atoms with van der Waals surface area (Å²) in [6, 6.07) is 0. The Hall–Kier alpha value is -0.160. The van der Waals surface area contributed by atoms with E-state index in [2.05, 4.69) is 41.5 Å². The van der Waals surface area contributed by atoms with Crippen LogP contribution >= 0.6 is 0 Å². The lowest BCUT2D eigenvalue weighted by atomic mass is 9.92. The fourth-order valence-corrected chi connectivity index (χ4v) is 0.224. The zero-order chi connectivity index (χ0) is 25.1. The van der Waals surface area contributed by atoms with E-state index in [4.69, 9.17) is 20.4 Å². The van der Waals surface area contributed by atoms with Gasteiger partial charge in [-0.2, -0.15) is 0 Å². The topological polar surface area (TPSA) is 80.9 Å². The molecule has 0 aromatic heterocycles. The van der Waals surface area contributed by atoms with Gasteiger partial charge in [0.15, 0.2) is 0 Å². The van der Waals surface area contributed by atoms with Gasteiger partial charge in [0.2, 0.25) is 0 Å². The molecule has 0 atom stereocenters. The van der Waals surface area contributed by atoms with Crippen molar-refractivity contribution in [1.29, 1.82) is 0 Å². The molecular formula is C25H60O4. The maximum absolute atomic E-state index is 8.59. The predicted octanol–water partition coefficient (Wildman–Crippen LogP) is 6.29. The van der Waals surface area contributed by atoms with E-state index in [-0.39, 0.29) is 29.0 Å². The summed E-state index contributed by atoms with van der Waals surface area (Å²) < 4.78 is 0. The molecule has 0 aromatic rings. The van der Waals surface area contributed by atoms with E-state index in [1.54, 1.807) is 13.8 Å². The van der Waals surface area contributed by atoms with Crippen LogP contribution in [-0.4, -0.2) is 46.4 Å². The summed E-state index contributed by atoms with van der Waals surface area (Å²) in [5.41, 5.74) is 0.875. The number of aliphatic hydroxyl groups excluding tert-OH is 4. The fourth-order valence-electron chi connectivity index (χ4n) is 0.224. The second-order valence-corrected chi connectivity index (χ2v) is 12.2. The van der Waals surface area contributed by atoms with Crippen molar-refractivity contribution in [2.75, 3.05) is 19.8 Å². The molecular weight excluding hydrogens is 364 g/mol. The normalized spacial score (nSPS) is 11.6. The van der Waals surface area contributed by atoms with E-state index in [1.165, 1.54) is 0 Å². The van der Waals surface area contributed by atoms with Gasteiger partial charge in [-0.3, -0.25) is 0 Å². The van der Waals surface area contributed by atoms with Crippen LogP contribution in [-0.2, 0) is 0 Å². The highest BCUT2D eigenvalue weighted by molar-refractivity contribution is 4.62. The third-order valence-electron chi connectivity index (χ3n) is 3.24. The molecule has 0 aromatic carbocycles.